The number of halogens is 3. The molecular formula is C19H17F3N2O2. The molecule has 0 fully saturated rings. The molecule has 0 N–H and O–H groups in total. The lowest BCUT2D eigenvalue weighted by atomic mass is 10.0. The Morgan fingerprint density at radius 1 is 1.15 bits per heavy atom. The Labute approximate surface area is 148 Å². The highest BCUT2D eigenvalue weighted by molar-refractivity contribution is 5.96. The second kappa shape index (κ2) is 7.19. The van der Waals surface area contributed by atoms with E-state index in [4.69, 9.17) is 0 Å². The second-order valence-electron chi connectivity index (χ2n) is 5.80. The number of ether oxygens (including phenoxy) is 1. The number of hydrogen-bond acceptors (Lipinski definition) is 3. The van der Waals surface area contributed by atoms with Gasteiger partial charge in [0.1, 0.15) is 17.1 Å². The van der Waals surface area contributed by atoms with Crippen molar-refractivity contribution in [3.63, 3.8) is 0 Å². The number of carbonyl (C=O) groups excluding carboxylic acids is 1. The summed E-state index contributed by atoms with van der Waals surface area (Å²) >= 11 is 0. The van der Waals surface area contributed by atoms with Gasteiger partial charge in [-0.05, 0) is 42.7 Å². The van der Waals surface area contributed by atoms with Crippen molar-refractivity contribution < 1.29 is 22.7 Å². The molecule has 0 aliphatic heterocycles. The number of alkyl halides is 3. The molecule has 4 nitrogen and oxygen atoms in total. The lowest BCUT2D eigenvalue weighted by Crippen LogP contribution is -2.17. The summed E-state index contributed by atoms with van der Waals surface area (Å²) in [6, 6.07) is 11.1. The topological polar surface area (TPSA) is 43.6 Å². The molecular weight excluding hydrogens is 345 g/mol. The first-order chi connectivity index (χ1) is 12.4. The van der Waals surface area contributed by atoms with Gasteiger partial charge in [-0.1, -0.05) is 25.1 Å². The molecule has 0 saturated carbocycles. The van der Waals surface area contributed by atoms with Crippen LogP contribution in [0.2, 0.25) is 0 Å². The zero-order chi connectivity index (χ0) is 18.7. The summed E-state index contributed by atoms with van der Waals surface area (Å²) in [6.07, 6.45) is -1.59. The van der Waals surface area contributed by atoms with Crippen LogP contribution in [0.4, 0.5) is 13.2 Å². The Balaban J connectivity index is 1.71. The van der Waals surface area contributed by atoms with E-state index in [1.165, 1.54) is 24.3 Å². The van der Waals surface area contributed by atoms with Crippen molar-refractivity contribution in [1.29, 1.82) is 0 Å². The maximum atomic E-state index is 12.7. The molecule has 26 heavy (non-hydrogen) atoms. The molecule has 0 spiro atoms. The number of Topliss-reactive ketones (excluding diaryl/α,β-unsaturated/α-hetero) is 1. The number of aryl methyl sites for hydroxylation is 2. The third-order valence-electron chi connectivity index (χ3n) is 4.00. The SMILES string of the molecule is CCc1nc2ccccn2c1C(=O)CCc1ccc(OC(F)(F)F)cc1. The summed E-state index contributed by atoms with van der Waals surface area (Å²) in [5, 5.41) is 0. The fourth-order valence-electron chi connectivity index (χ4n) is 2.82. The van der Waals surface area contributed by atoms with Gasteiger partial charge in [0.15, 0.2) is 5.78 Å². The van der Waals surface area contributed by atoms with Gasteiger partial charge >= 0.3 is 6.36 Å². The van der Waals surface area contributed by atoms with Gasteiger partial charge in [0.05, 0.1) is 5.69 Å². The maximum absolute atomic E-state index is 12.7. The highest BCUT2D eigenvalue weighted by atomic mass is 19.4. The highest BCUT2D eigenvalue weighted by Gasteiger charge is 2.30. The molecule has 0 radical (unpaired) electrons. The van der Waals surface area contributed by atoms with Crippen molar-refractivity contribution in [2.24, 2.45) is 0 Å². The molecule has 0 amide bonds. The minimum Gasteiger partial charge on any atom is -0.406 e. The Hall–Kier alpha value is -2.83. The van der Waals surface area contributed by atoms with E-state index in [9.17, 15) is 18.0 Å². The van der Waals surface area contributed by atoms with E-state index in [1.54, 1.807) is 10.6 Å². The number of ketones is 1. The molecule has 136 valence electrons. The van der Waals surface area contributed by atoms with Crippen LogP contribution in [-0.4, -0.2) is 21.5 Å². The number of fused-ring (bicyclic) bond motifs is 1. The summed E-state index contributed by atoms with van der Waals surface area (Å²) in [4.78, 5) is 17.2. The number of hydrogen-bond donors (Lipinski definition) is 0. The third kappa shape index (κ3) is 4.04. The minimum absolute atomic E-state index is 0.0452. The van der Waals surface area contributed by atoms with E-state index >= 15 is 0 Å². The fourth-order valence-corrected chi connectivity index (χ4v) is 2.82. The van der Waals surface area contributed by atoms with Crippen LogP contribution < -0.4 is 4.74 Å². The zero-order valence-corrected chi connectivity index (χ0v) is 14.1. The third-order valence-corrected chi connectivity index (χ3v) is 4.00. The Kier molecular flexibility index (Phi) is 4.97. The summed E-state index contributed by atoms with van der Waals surface area (Å²) < 4.78 is 42.2. The average Bonchev–Trinajstić information content (AvgIpc) is 2.98. The van der Waals surface area contributed by atoms with E-state index in [2.05, 4.69) is 9.72 Å². The molecule has 2 aromatic heterocycles. The first-order valence-corrected chi connectivity index (χ1v) is 8.21. The molecule has 0 unspecified atom stereocenters. The van der Waals surface area contributed by atoms with Crippen molar-refractivity contribution >= 4 is 11.4 Å². The van der Waals surface area contributed by atoms with E-state index in [1.807, 2.05) is 25.1 Å². The smallest absolute Gasteiger partial charge is 0.406 e. The van der Waals surface area contributed by atoms with E-state index in [-0.39, 0.29) is 18.0 Å². The first kappa shape index (κ1) is 18.0. The van der Waals surface area contributed by atoms with Crippen molar-refractivity contribution in [2.75, 3.05) is 0 Å². The fraction of sp³-hybridized carbons (Fsp3) is 0.263. The number of nitrogens with zero attached hydrogens (tertiary/aromatic N) is 2. The molecule has 0 aliphatic rings. The number of imidazole rings is 1. The van der Waals surface area contributed by atoms with Crippen LogP contribution in [0, 0.1) is 0 Å². The Bertz CT molecular complexity index is 915. The van der Waals surface area contributed by atoms with E-state index in [0.717, 1.165) is 16.9 Å². The van der Waals surface area contributed by atoms with Crippen LogP contribution in [-0.2, 0) is 12.8 Å². The summed E-state index contributed by atoms with van der Waals surface area (Å²) in [5.74, 6) is -0.321. The summed E-state index contributed by atoms with van der Waals surface area (Å²) in [6.45, 7) is 1.94. The largest absolute Gasteiger partial charge is 0.573 e. The van der Waals surface area contributed by atoms with Gasteiger partial charge in [0.25, 0.3) is 0 Å². The molecule has 0 aliphatic carbocycles. The van der Waals surface area contributed by atoms with Gasteiger partial charge < -0.3 is 4.74 Å². The Morgan fingerprint density at radius 3 is 2.54 bits per heavy atom. The second-order valence-corrected chi connectivity index (χ2v) is 5.80. The van der Waals surface area contributed by atoms with Crippen LogP contribution in [0.25, 0.3) is 5.65 Å². The van der Waals surface area contributed by atoms with Crippen LogP contribution in [0.1, 0.15) is 35.1 Å². The molecule has 3 rings (SSSR count). The van der Waals surface area contributed by atoms with Gasteiger partial charge in [0, 0.05) is 12.6 Å². The van der Waals surface area contributed by atoms with Crippen LogP contribution in [0.15, 0.2) is 48.7 Å². The summed E-state index contributed by atoms with van der Waals surface area (Å²) in [5.41, 5.74) is 2.80. The number of benzene rings is 1. The zero-order valence-electron chi connectivity index (χ0n) is 14.1. The lowest BCUT2D eigenvalue weighted by Gasteiger charge is -2.09. The van der Waals surface area contributed by atoms with E-state index in [0.29, 0.717) is 18.5 Å². The van der Waals surface area contributed by atoms with Gasteiger partial charge in [-0.2, -0.15) is 0 Å². The van der Waals surface area contributed by atoms with Crippen molar-refractivity contribution in [3.8, 4) is 5.75 Å². The molecule has 0 saturated heterocycles. The predicted molar refractivity (Wildman–Crippen MR) is 90.3 cm³/mol. The minimum atomic E-state index is -4.71. The standard InChI is InChI=1S/C19H17F3N2O2/c1-2-15-18(24-12-4-3-5-17(24)23-15)16(25)11-8-13-6-9-14(10-7-13)26-19(20,21)22/h3-7,9-10,12H,2,8,11H2,1H3. The van der Waals surface area contributed by atoms with Crippen LogP contribution >= 0.6 is 0 Å². The first-order valence-electron chi connectivity index (χ1n) is 8.21. The van der Waals surface area contributed by atoms with Crippen LogP contribution in [0.3, 0.4) is 0 Å². The van der Waals surface area contributed by atoms with Gasteiger partial charge in [-0.15, -0.1) is 13.2 Å². The molecule has 0 bridgehead atoms. The molecule has 2 heterocycles. The molecule has 0 atom stereocenters. The molecule has 3 aromatic rings. The molecule has 7 heteroatoms. The predicted octanol–water partition coefficient (Wildman–Crippen LogP) is 4.61. The van der Waals surface area contributed by atoms with E-state index < -0.39 is 6.36 Å². The van der Waals surface area contributed by atoms with Gasteiger partial charge in [-0.25, -0.2) is 4.98 Å². The van der Waals surface area contributed by atoms with Crippen molar-refractivity contribution in [1.82, 2.24) is 9.38 Å². The number of rotatable bonds is 6. The van der Waals surface area contributed by atoms with Gasteiger partial charge in [-0.3, -0.25) is 9.20 Å². The number of pyridine rings is 1. The van der Waals surface area contributed by atoms with Crippen LogP contribution in [0.5, 0.6) is 5.75 Å². The normalized spacial score (nSPS) is 11.7. The maximum Gasteiger partial charge on any atom is 0.573 e. The van der Waals surface area contributed by atoms with Crippen molar-refractivity contribution in [2.45, 2.75) is 32.5 Å². The Morgan fingerprint density at radius 2 is 1.88 bits per heavy atom. The van der Waals surface area contributed by atoms with Gasteiger partial charge in [0.2, 0.25) is 0 Å². The van der Waals surface area contributed by atoms with Crippen molar-refractivity contribution in [3.05, 3.63) is 65.6 Å². The number of aromatic nitrogens is 2. The monoisotopic (exact) mass is 362 g/mol. The lowest BCUT2D eigenvalue weighted by molar-refractivity contribution is -0.274. The quantitative estimate of drug-likeness (QED) is 0.602. The highest BCUT2D eigenvalue weighted by Crippen LogP contribution is 2.23. The number of carbonyl (C=O) groups is 1. The average molecular weight is 362 g/mol. The summed E-state index contributed by atoms with van der Waals surface area (Å²) in [7, 11) is 0. The molecule has 1 aromatic carbocycles.